The van der Waals surface area contributed by atoms with Gasteiger partial charge in [-0.3, -0.25) is 0 Å². The lowest BCUT2D eigenvalue weighted by atomic mass is 9.49. The van der Waals surface area contributed by atoms with Crippen LogP contribution < -0.4 is 4.90 Å². The van der Waals surface area contributed by atoms with Crippen LogP contribution >= 0.6 is 0 Å². The SMILES string of the molecule is Cc1cc2c(cc1N1[C@@H](C)C34CCC1(CC3)CC4)c1ccccc1n2-c1ccccc1. The summed E-state index contributed by atoms with van der Waals surface area (Å²) in [7, 11) is 0. The van der Waals surface area contributed by atoms with Gasteiger partial charge in [0.25, 0.3) is 0 Å². The van der Waals surface area contributed by atoms with Gasteiger partial charge in [-0.15, -0.1) is 0 Å². The molecule has 0 unspecified atom stereocenters. The predicted octanol–water partition coefficient (Wildman–Crippen LogP) is 7.39. The normalized spacial score (nSPS) is 29.4. The third kappa shape index (κ3) is 2.18. The number of piperidine rings is 3. The first-order valence-corrected chi connectivity index (χ1v) is 12.0. The average Bonchev–Trinajstić information content (AvgIpc) is 3.13. The molecule has 4 heterocycles. The molecule has 2 heteroatoms. The molecular formula is C29H30N2. The quantitative estimate of drug-likeness (QED) is 0.337. The molecule has 3 aliphatic carbocycles. The van der Waals surface area contributed by atoms with E-state index in [1.165, 1.54) is 77.3 Å². The lowest BCUT2D eigenvalue weighted by Crippen LogP contribution is -2.71. The van der Waals surface area contributed by atoms with Gasteiger partial charge < -0.3 is 9.47 Å². The summed E-state index contributed by atoms with van der Waals surface area (Å²) in [5.41, 5.74) is 7.72. The van der Waals surface area contributed by atoms with E-state index in [1.54, 1.807) is 0 Å². The number of fused-ring (bicyclic) bond motifs is 3. The zero-order valence-electron chi connectivity index (χ0n) is 18.6. The average molecular weight is 407 g/mol. The Bertz CT molecular complexity index is 1300. The zero-order valence-corrected chi connectivity index (χ0v) is 18.6. The number of aromatic nitrogens is 1. The van der Waals surface area contributed by atoms with Crippen molar-refractivity contribution in [1.82, 2.24) is 4.57 Å². The van der Waals surface area contributed by atoms with Crippen LogP contribution in [0.4, 0.5) is 5.69 Å². The largest absolute Gasteiger partial charge is 0.362 e. The Hall–Kier alpha value is -2.74. The molecule has 31 heavy (non-hydrogen) atoms. The van der Waals surface area contributed by atoms with Gasteiger partial charge in [0.15, 0.2) is 0 Å². The Labute approximate surface area is 184 Å². The monoisotopic (exact) mass is 406 g/mol. The number of hydrogen-bond acceptors (Lipinski definition) is 1. The maximum absolute atomic E-state index is 2.88. The number of nitrogens with zero attached hydrogens (tertiary/aromatic N) is 2. The van der Waals surface area contributed by atoms with Gasteiger partial charge in [0.1, 0.15) is 0 Å². The summed E-state index contributed by atoms with van der Waals surface area (Å²) in [6.07, 6.45) is 8.50. The van der Waals surface area contributed by atoms with Crippen molar-refractivity contribution in [2.24, 2.45) is 5.41 Å². The van der Waals surface area contributed by atoms with E-state index < -0.39 is 0 Å². The molecular weight excluding hydrogens is 376 g/mol. The molecule has 6 aliphatic rings. The minimum atomic E-state index is 0.398. The lowest BCUT2D eigenvalue weighted by molar-refractivity contribution is -0.0447. The third-order valence-electron chi connectivity index (χ3n) is 9.31. The number of rotatable bonds is 2. The van der Waals surface area contributed by atoms with Crippen LogP contribution in [-0.4, -0.2) is 16.1 Å². The van der Waals surface area contributed by atoms with Gasteiger partial charge in [-0.1, -0.05) is 36.4 Å². The highest BCUT2D eigenvalue weighted by molar-refractivity contribution is 6.10. The van der Waals surface area contributed by atoms with Gasteiger partial charge in [-0.25, -0.2) is 0 Å². The summed E-state index contributed by atoms with van der Waals surface area (Å²) in [4.78, 5) is 2.88. The van der Waals surface area contributed by atoms with Crippen LogP contribution in [0.2, 0.25) is 0 Å². The topological polar surface area (TPSA) is 8.17 Å². The number of para-hydroxylation sites is 2. The lowest BCUT2D eigenvalue weighted by Gasteiger charge is -2.70. The molecule has 3 saturated carbocycles. The van der Waals surface area contributed by atoms with Crippen molar-refractivity contribution in [2.45, 2.75) is 64.0 Å². The molecule has 10 rings (SSSR count). The summed E-state index contributed by atoms with van der Waals surface area (Å²) in [6, 6.07) is 25.4. The summed E-state index contributed by atoms with van der Waals surface area (Å²) in [6.45, 7) is 4.85. The van der Waals surface area contributed by atoms with Crippen LogP contribution in [0, 0.1) is 12.3 Å². The first kappa shape index (κ1) is 17.9. The molecule has 156 valence electrons. The van der Waals surface area contributed by atoms with E-state index in [9.17, 15) is 0 Å². The highest BCUT2D eigenvalue weighted by atomic mass is 15.3. The van der Waals surface area contributed by atoms with Crippen LogP contribution in [0.15, 0.2) is 66.7 Å². The van der Waals surface area contributed by atoms with Gasteiger partial charge in [-0.05, 0) is 93.7 Å². The van der Waals surface area contributed by atoms with Crippen molar-refractivity contribution >= 4 is 27.5 Å². The summed E-state index contributed by atoms with van der Waals surface area (Å²) in [5.74, 6) is 0. The number of anilines is 1. The highest BCUT2D eigenvalue weighted by Crippen LogP contribution is 2.64. The molecule has 1 aromatic heterocycles. The fraction of sp³-hybridized carbons (Fsp3) is 0.379. The van der Waals surface area contributed by atoms with Gasteiger partial charge >= 0.3 is 0 Å². The fourth-order valence-electron chi connectivity index (χ4n) is 7.55. The van der Waals surface area contributed by atoms with E-state index in [0.29, 0.717) is 17.0 Å². The predicted molar refractivity (Wildman–Crippen MR) is 130 cm³/mol. The molecule has 6 fully saturated rings. The molecule has 2 nitrogen and oxygen atoms in total. The van der Waals surface area contributed by atoms with Crippen molar-refractivity contribution in [2.75, 3.05) is 4.90 Å². The van der Waals surface area contributed by atoms with Gasteiger partial charge in [0.05, 0.1) is 11.0 Å². The maximum Gasteiger partial charge on any atom is 0.0545 e. The second kappa shape index (κ2) is 5.94. The van der Waals surface area contributed by atoms with E-state index in [4.69, 9.17) is 0 Å². The van der Waals surface area contributed by atoms with E-state index in [0.717, 1.165) is 0 Å². The van der Waals surface area contributed by atoms with Gasteiger partial charge in [-0.2, -0.15) is 0 Å². The molecule has 0 amide bonds. The molecule has 1 atom stereocenters. The zero-order chi connectivity index (χ0) is 20.8. The van der Waals surface area contributed by atoms with Gasteiger partial charge in [0.2, 0.25) is 0 Å². The van der Waals surface area contributed by atoms with Crippen LogP contribution in [-0.2, 0) is 0 Å². The Morgan fingerprint density at radius 1 is 0.742 bits per heavy atom. The number of hydrogen-bond donors (Lipinski definition) is 0. The van der Waals surface area contributed by atoms with Crippen molar-refractivity contribution in [3.8, 4) is 5.69 Å². The molecule has 4 aromatic rings. The van der Waals surface area contributed by atoms with E-state index in [1.807, 2.05) is 0 Å². The first-order valence-electron chi connectivity index (χ1n) is 12.0. The minimum Gasteiger partial charge on any atom is -0.362 e. The molecule has 3 saturated heterocycles. The Morgan fingerprint density at radius 2 is 1.42 bits per heavy atom. The molecule has 0 N–H and O–H groups in total. The van der Waals surface area contributed by atoms with Crippen LogP contribution in [0.5, 0.6) is 0 Å². The maximum atomic E-state index is 2.88. The minimum absolute atomic E-state index is 0.398. The smallest absolute Gasteiger partial charge is 0.0545 e. The molecule has 3 aromatic carbocycles. The molecule has 0 spiro atoms. The highest BCUT2D eigenvalue weighted by Gasteiger charge is 2.61. The van der Waals surface area contributed by atoms with Crippen LogP contribution in [0.1, 0.15) is 51.0 Å². The van der Waals surface area contributed by atoms with E-state index in [2.05, 4.69) is 90.0 Å². The Morgan fingerprint density at radius 3 is 2.13 bits per heavy atom. The van der Waals surface area contributed by atoms with Crippen LogP contribution in [0.25, 0.3) is 27.5 Å². The summed E-state index contributed by atoms with van der Waals surface area (Å²) < 4.78 is 2.44. The third-order valence-corrected chi connectivity index (χ3v) is 9.31. The van der Waals surface area contributed by atoms with Crippen molar-refractivity contribution in [3.05, 3.63) is 72.3 Å². The number of aryl methyl sites for hydroxylation is 1. The Balaban J connectivity index is 1.50. The second-order valence-electron chi connectivity index (χ2n) is 10.5. The second-order valence-corrected chi connectivity index (χ2v) is 10.5. The molecule has 0 radical (unpaired) electrons. The number of benzene rings is 3. The fourth-order valence-corrected chi connectivity index (χ4v) is 7.55. The van der Waals surface area contributed by atoms with E-state index >= 15 is 0 Å². The molecule has 3 aliphatic heterocycles. The summed E-state index contributed by atoms with van der Waals surface area (Å²) >= 11 is 0. The Kier molecular flexibility index (Phi) is 3.43. The van der Waals surface area contributed by atoms with Crippen LogP contribution in [0.3, 0.4) is 0 Å². The first-order chi connectivity index (χ1) is 15.1. The van der Waals surface area contributed by atoms with Crippen molar-refractivity contribution in [3.63, 3.8) is 0 Å². The summed E-state index contributed by atoms with van der Waals surface area (Å²) in [5, 5.41) is 2.75. The van der Waals surface area contributed by atoms with E-state index in [-0.39, 0.29) is 0 Å². The standard InChI is InChI=1S/C29H30N2/c1-20-18-27-24(23-10-6-7-11-25(23)30(27)22-8-4-3-5-9-22)19-26(20)31-21(2)28-12-15-29(31,16-13-28)17-14-28/h3-11,18-19,21H,12-17H2,1-2H3/t21-,28?,29?/m0/s1. The van der Waals surface area contributed by atoms with Gasteiger partial charge in [0, 0.05) is 33.7 Å². The van der Waals surface area contributed by atoms with Crippen molar-refractivity contribution < 1.29 is 0 Å². The molecule has 2 bridgehead atoms. The van der Waals surface area contributed by atoms with Crippen molar-refractivity contribution in [1.29, 1.82) is 0 Å².